The predicted octanol–water partition coefficient (Wildman–Crippen LogP) is 2.65. The third-order valence-electron chi connectivity index (χ3n) is 2.84. The number of benzene rings is 1. The van der Waals surface area contributed by atoms with Crippen LogP contribution in [0, 0.1) is 0 Å². The smallest absolute Gasteiger partial charge is 0.328 e. The van der Waals surface area contributed by atoms with E-state index in [1.54, 1.807) is 22.9 Å². The zero-order valence-electron chi connectivity index (χ0n) is 12.3. The molecule has 0 aliphatic heterocycles. The Bertz CT molecular complexity index is 638. The molecule has 2 rings (SSSR count). The predicted molar refractivity (Wildman–Crippen MR) is 76.6 cm³/mol. The van der Waals surface area contributed by atoms with Gasteiger partial charge in [0.25, 0.3) is 0 Å². The molecule has 1 aromatic carbocycles. The molecule has 5 heteroatoms. The Morgan fingerprint density at radius 2 is 2.10 bits per heavy atom. The number of nitrogens with zero attached hydrogens (tertiary/aromatic N) is 2. The minimum absolute atomic E-state index is 0.0680. The Kier molecular flexibility index (Phi) is 3.70. The minimum Gasteiger partial charge on any atom is -0.508 e. The second-order valence-electron chi connectivity index (χ2n) is 5.75. The molecule has 0 saturated heterocycles. The van der Waals surface area contributed by atoms with Crippen LogP contribution in [-0.4, -0.2) is 26.5 Å². The summed E-state index contributed by atoms with van der Waals surface area (Å²) in [5.74, 6) is -0.123. The number of carbonyl (C=O) groups is 1. The summed E-state index contributed by atoms with van der Waals surface area (Å²) in [4.78, 5) is 11.9. The van der Waals surface area contributed by atoms with Crippen molar-refractivity contribution in [3.8, 4) is 5.75 Å². The van der Waals surface area contributed by atoms with Crippen molar-refractivity contribution in [2.45, 2.75) is 46.3 Å². The summed E-state index contributed by atoms with van der Waals surface area (Å²) in [5.41, 5.74) is 1.18. The summed E-state index contributed by atoms with van der Waals surface area (Å²) in [6.45, 7) is 7.56. The Balaban J connectivity index is 2.33. The molecular weight excluding hydrogens is 256 g/mol. The van der Waals surface area contributed by atoms with E-state index in [-0.39, 0.29) is 18.3 Å². The highest BCUT2D eigenvalue weighted by Crippen LogP contribution is 2.24. The molecule has 0 aliphatic rings. The molecule has 0 aliphatic carbocycles. The summed E-state index contributed by atoms with van der Waals surface area (Å²) < 4.78 is 6.93. The minimum atomic E-state index is -0.508. The van der Waals surface area contributed by atoms with Crippen molar-refractivity contribution in [1.29, 1.82) is 0 Å². The van der Waals surface area contributed by atoms with E-state index in [9.17, 15) is 9.90 Å². The highest BCUT2D eigenvalue weighted by atomic mass is 16.6. The van der Waals surface area contributed by atoms with Crippen molar-refractivity contribution in [2.24, 2.45) is 0 Å². The lowest BCUT2D eigenvalue weighted by Crippen LogP contribution is -2.26. The number of hydrogen-bond donors (Lipinski definition) is 1. The first-order valence-electron chi connectivity index (χ1n) is 6.70. The van der Waals surface area contributed by atoms with Crippen LogP contribution < -0.4 is 0 Å². The molecule has 1 N–H and O–H groups in total. The van der Waals surface area contributed by atoms with Crippen molar-refractivity contribution in [2.75, 3.05) is 0 Å². The largest absolute Gasteiger partial charge is 0.508 e. The number of rotatable bonds is 3. The number of phenols is 1. The zero-order chi connectivity index (χ0) is 14.9. The van der Waals surface area contributed by atoms with Crippen LogP contribution in [0.3, 0.4) is 0 Å². The van der Waals surface area contributed by atoms with Crippen LogP contribution in [0.5, 0.6) is 5.75 Å². The van der Waals surface area contributed by atoms with Gasteiger partial charge in [0.2, 0.25) is 0 Å². The lowest BCUT2D eigenvalue weighted by molar-refractivity contribution is -0.155. The van der Waals surface area contributed by atoms with Crippen LogP contribution in [0.1, 0.15) is 33.4 Å². The molecule has 0 spiro atoms. The van der Waals surface area contributed by atoms with Crippen LogP contribution in [0.4, 0.5) is 0 Å². The van der Waals surface area contributed by atoms with Crippen molar-refractivity contribution in [3.63, 3.8) is 0 Å². The Morgan fingerprint density at radius 3 is 2.70 bits per heavy atom. The molecule has 2 aromatic rings. The SMILES string of the molecule is CCc1nn(CC(=O)OC(C)(C)C)c2ccc(O)cc12. The highest BCUT2D eigenvalue weighted by Gasteiger charge is 2.18. The molecular formula is C15H20N2O3. The number of carbonyl (C=O) groups excluding carboxylic acids is 1. The second-order valence-corrected chi connectivity index (χ2v) is 5.75. The van der Waals surface area contributed by atoms with Crippen LogP contribution in [0.2, 0.25) is 0 Å². The number of esters is 1. The molecule has 0 radical (unpaired) electrons. The highest BCUT2D eigenvalue weighted by molar-refractivity contribution is 5.84. The summed E-state index contributed by atoms with van der Waals surface area (Å²) >= 11 is 0. The van der Waals surface area contributed by atoms with E-state index in [1.165, 1.54) is 0 Å². The fraction of sp³-hybridized carbons (Fsp3) is 0.467. The van der Waals surface area contributed by atoms with E-state index < -0.39 is 5.60 Å². The first kappa shape index (κ1) is 14.4. The topological polar surface area (TPSA) is 64.4 Å². The Labute approximate surface area is 118 Å². The van der Waals surface area contributed by atoms with Gasteiger partial charge in [-0.25, -0.2) is 0 Å². The molecule has 0 fully saturated rings. The van der Waals surface area contributed by atoms with Crippen LogP contribution >= 0.6 is 0 Å². The van der Waals surface area contributed by atoms with E-state index >= 15 is 0 Å². The van der Waals surface area contributed by atoms with E-state index in [1.807, 2.05) is 27.7 Å². The number of phenolic OH excluding ortho intramolecular Hbond substituents is 1. The molecule has 5 nitrogen and oxygen atoms in total. The molecule has 0 unspecified atom stereocenters. The van der Waals surface area contributed by atoms with Crippen LogP contribution in [0.25, 0.3) is 10.9 Å². The molecule has 0 amide bonds. The molecule has 108 valence electrons. The van der Waals surface area contributed by atoms with Gasteiger partial charge in [-0.2, -0.15) is 5.10 Å². The normalized spacial score (nSPS) is 11.8. The van der Waals surface area contributed by atoms with Crippen molar-refractivity contribution in [3.05, 3.63) is 23.9 Å². The average Bonchev–Trinajstić information content (AvgIpc) is 2.64. The van der Waals surface area contributed by atoms with Crippen LogP contribution in [0.15, 0.2) is 18.2 Å². The molecule has 0 atom stereocenters. The number of aromatic nitrogens is 2. The van der Waals surface area contributed by atoms with Crippen LogP contribution in [-0.2, 0) is 22.5 Å². The van der Waals surface area contributed by atoms with Gasteiger partial charge < -0.3 is 9.84 Å². The van der Waals surface area contributed by atoms with E-state index in [0.717, 1.165) is 23.0 Å². The van der Waals surface area contributed by atoms with E-state index in [0.29, 0.717) is 0 Å². The Morgan fingerprint density at radius 1 is 1.40 bits per heavy atom. The van der Waals surface area contributed by atoms with Gasteiger partial charge in [0.05, 0.1) is 11.2 Å². The summed E-state index contributed by atoms with van der Waals surface area (Å²) in [6, 6.07) is 5.03. The molecule has 1 heterocycles. The van der Waals surface area contributed by atoms with Gasteiger partial charge in [-0.3, -0.25) is 9.48 Å². The summed E-state index contributed by atoms with van der Waals surface area (Å²) in [6.07, 6.45) is 0.737. The monoisotopic (exact) mass is 276 g/mol. The number of fused-ring (bicyclic) bond motifs is 1. The van der Waals surface area contributed by atoms with E-state index in [4.69, 9.17) is 4.74 Å². The van der Waals surface area contributed by atoms with Gasteiger partial charge in [-0.05, 0) is 45.4 Å². The molecule has 0 saturated carbocycles. The maximum Gasteiger partial charge on any atom is 0.328 e. The maximum absolute atomic E-state index is 11.9. The number of aromatic hydroxyl groups is 1. The van der Waals surface area contributed by atoms with Gasteiger partial charge in [-0.1, -0.05) is 6.92 Å². The van der Waals surface area contributed by atoms with Gasteiger partial charge in [-0.15, -0.1) is 0 Å². The average molecular weight is 276 g/mol. The molecule has 0 bridgehead atoms. The lowest BCUT2D eigenvalue weighted by Gasteiger charge is -2.19. The lowest BCUT2D eigenvalue weighted by atomic mass is 10.2. The first-order chi connectivity index (χ1) is 9.30. The Hall–Kier alpha value is -2.04. The van der Waals surface area contributed by atoms with Crippen molar-refractivity contribution in [1.82, 2.24) is 9.78 Å². The van der Waals surface area contributed by atoms with Gasteiger partial charge >= 0.3 is 5.97 Å². The number of hydrogen-bond acceptors (Lipinski definition) is 4. The molecule has 20 heavy (non-hydrogen) atoms. The first-order valence-corrected chi connectivity index (χ1v) is 6.70. The van der Waals surface area contributed by atoms with Crippen molar-refractivity contribution < 1.29 is 14.6 Å². The van der Waals surface area contributed by atoms with Crippen molar-refractivity contribution >= 4 is 16.9 Å². The second kappa shape index (κ2) is 5.15. The fourth-order valence-electron chi connectivity index (χ4n) is 2.11. The summed E-state index contributed by atoms with van der Waals surface area (Å²) in [7, 11) is 0. The number of ether oxygens (including phenoxy) is 1. The zero-order valence-corrected chi connectivity index (χ0v) is 12.3. The fourth-order valence-corrected chi connectivity index (χ4v) is 2.11. The molecule has 1 aromatic heterocycles. The third kappa shape index (κ3) is 3.10. The van der Waals surface area contributed by atoms with E-state index in [2.05, 4.69) is 5.10 Å². The number of aryl methyl sites for hydroxylation is 1. The quantitative estimate of drug-likeness (QED) is 0.875. The van der Waals surface area contributed by atoms with Gasteiger partial charge in [0.1, 0.15) is 17.9 Å². The van der Waals surface area contributed by atoms with Gasteiger partial charge in [0, 0.05) is 5.39 Å². The summed E-state index contributed by atoms with van der Waals surface area (Å²) in [5, 5.41) is 14.9. The maximum atomic E-state index is 11.9. The van der Waals surface area contributed by atoms with Gasteiger partial charge in [0.15, 0.2) is 0 Å². The third-order valence-corrected chi connectivity index (χ3v) is 2.84. The standard InChI is InChI=1S/C15H20N2O3/c1-5-12-11-8-10(18)6-7-13(11)17(16-12)9-14(19)20-15(2,3)4/h6-8,18H,5,9H2,1-4H3.